The summed E-state index contributed by atoms with van der Waals surface area (Å²) in [5, 5.41) is 0. The van der Waals surface area contributed by atoms with Crippen LogP contribution in [0.15, 0.2) is 0 Å². The smallest absolute Gasteiger partial charge is 0.0138 e. The molecule has 0 amide bonds. The Labute approximate surface area is 126 Å². The highest BCUT2D eigenvalue weighted by Crippen LogP contribution is 2.36. The van der Waals surface area contributed by atoms with Crippen molar-refractivity contribution < 1.29 is 0 Å². The van der Waals surface area contributed by atoms with E-state index < -0.39 is 0 Å². The Hall–Kier alpha value is -0.0800. The molecule has 0 spiro atoms. The Kier molecular flexibility index (Phi) is 6.35. The average Bonchev–Trinajstić information content (AvgIpc) is 2.47. The topological polar surface area (TPSA) is 29.3 Å². The molecule has 0 radical (unpaired) electrons. The van der Waals surface area contributed by atoms with Gasteiger partial charge in [-0.15, -0.1) is 0 Å². The first-order valence-corrected chi connectivity index (χ1v) is 9.09. The Balaban J connectivity index is 1.91. The van der Waals surface area contributed by atoms with Gasteiger partial charge in [-0.1, -0.05) is 40.0 Å². The summed E-state index contributed by atoms with van der Waals surface area (Å²) < 4.78 is 0. The lowest BCUT2D eigenvalue weighted by atomic mass is 9.75. The van der Waals surface area contributed by atoms with Crippen molar-refractivity contribution in [2.75, 3.05) is 19.6 Å². The van der Waals surface area contributed by atoms with Crippen LogP contribution in [0.4, 0.5) is 0 Å². The van der Waals surface area contributed by atoms with Crippen LogP contribution < -0.4 is 5.73 Å². The van der Waals surface area contributed by atoms with E-state index in [1.807, 2.05) is 0 Å². The molecule has 2 nitrogen and oxygen atoms in total. The van der Waals surface area contributed by atoms with Gasteiger partial charge in [0, 0.05) is 6.04 Å². The summed E-state index contributed by atoms with van der Waals surface area (Å²) >= 11 is 0. The minimum Gasteiger partial charge on any atom is -0.330 e. The number of piperidine rings is 1. The molecule has 1 aliphatic carbocycles. The molecule has 0 aromatic carbocycles. The molecule has 2 aliphatic rings. The normalized spacial score (nSPS) is 33.8. The quantitative estimate of drug-likeness (QED) is 0.827. The summed E-state index contributed by atoms with van der Waals surface area (Å²) in [6, 6.07) is 0.790. The molecule has 0 bridgehead atoms. The van der Waals surface area contributed by atoms with Gasteiger partial charge in [-0.3, -0.25) is 0 Å². The lowest BCUT2D eigenvalue weighted by Gasteiger charge is -2.45. The fourth-order valence-corrected chi connectivity index (χ4v) is 4.60. The van der Waals surface area contributed by atoms with Crippen molar-refractivity contribution in [3.05, 3.63) is 0 Å². The van der Waals surface area contributed by atoms with E-state index >= 15 is 0 Å². The molecule has 1 heterocycles. The third-order valence-electron chi connectivity index (χ3n) is 6.05. The SMILES string of the molecule is CCCC1CCC(CN)C(N2CCC(C(C)C)CC2)C1. The molecule has 0 aromatic heterocycles. The van der Waals surface area contributed by atoms with E-state index in [4.69, 9.17) is 5.73 Å². The van der Waals surface area contributed by atoms with E-state index in [0.29, 0.717) is 0 Å². The molecule has 1 saturated heterocycles. The predicted molar refractivity (Wildman–Crippen MR) is 87.7 cm³/mol. The highest BCUT2D eigenvalue weighted by molar-refractivity contribution is 4.89. The fourth-order valence-electron chi connectivity index (χ4n) is 4.60. The molecule has 2 heteroatoms. The van der Waals surface area contributed by atoms with E-state index in [2.05, 4.69) is 25.7 Å². The summed E-state index contributed by atoms with van der Waals surface area (Å²) in [7, 11) is 0. The molecular weight excluding hydrogens is 244 g/mol. The minimum absolute atomic E-state index is 0.763. The number of hydrogen-bond donors (Lipinski definition) is 1. The second kappa shape index (κ2) is 7.79. The third-order valence-corrected chi connectivity index (χ3v) is 6.05. The van der Waals surface area contributed by atoms with Crippen molar-refractivity contribution in [1.82, 2.24) is 4.90 Å². The lowest BCUT2D eigenvalue weighted by molar-refractivity contribution is 0.0438. The zero-order valence-corrected chi connectivity index (χ0v) is 14.0. The van der Waals surface area contributed by atoms with Gasteiger partial charge in [-0.25, -0.2) is 0 Å². The molecule has 1 aliphatic heterocycles. The van der Waals surface area contributed by atoms with Crippen LogP contribution in [0.5, 0.6) is 0 Å². The van der Waals surface area contributed by atoms with Crippen LogP contribution in [0.2, 0.25) is 0 Å². The molecule has 118 valence electrons. The van der Waals surface area contributed by atoms with Crippen molar-refractivity contribution in [3.63, 3.8) is 0 Å². The van der Waals surface area contributed by atoms with E-state index in [1.165, 1.54) is 58.0 Å². The summed E-state index contributed by atoms with van der Waals surface area (Å²) in [4.78, 5) is 2.80. The summed E-state index contributed by atoms with van der Waals surface area (Å²) in [5.74, 6) is 3.55. The van der Waals surface area contributed by atoms with Gasteiger partial charge >= 0.3 is 0 Å². The van der Waals surface area contributed by atoms with Gasteiger partial charge in [0.2, 0.25) is 0 Å². The van der Waals surface area contributed by atoms with E-state index in [1.54, 1.807) is 0 Å². The second-order valence-electron chi connectivity index (χ2n) is 7.65. The first-order valence-electron chi connectivity index (χ1n) is 9.09. The standard InChI is InChI=1S/C18H36N2/c1-4-5-15-6-7-17(13-19)18(12-15)20-10-8-16(9-11-20)14(2)3/h14-18H,4-13,19H2,1-3H3. The van der Waals surface area contributed by atoms with Crippen molar-refractivity contribution in [3.8, 4) is 0 Å². The van der Waals surface area contributed by atoms with Crippen LogP contribution in [-0.2, 0) is 0 Å². The van der Waals surface area contributed by atoms with Crippen LogP contribution in [0, 0.1) is 23.7 Å². The van der Waals surface area contributed by atoms with Crippen LogP contribution in [0.1, 0.15) is 65.7 Å². The van der Waals surface area contributed by atoms with Gasteiger partial charge in [0.1, 0.15) is 0 Å². The second-order valence-corrected chi connectivity index (χ2v) is 7.65. The number of nitrogens with two attached hydrogens (primary N) is 1. The Morgan fingerprint density at radius 3 is 2.35 bits per heavy atom. The highest BCUT2D eigenvalue weighted by atomic mass is 15.2. The maximum Gasteiger partial charge on any atom is 0.0138 e. The Morgan fingerprint density at radius 1 is 1.10 bits per heavy atom. The molecule has 3 unspecified atom stereocenters. The van der Waals surface area contributed by atoms with Gasteiger partial charge in [-0.2, -0.15) is 0 Å². The summed E-state index contributed by atoms with van der Waals surface area (Å²) in [6.07, 6.45) is 9.80. The first-order chi connectivity index (χ1) is 9.65. The van der Waals surface area contributed by atoms with Crippen molar-refractivity contribution >= 4 is 0 Å². The van der Waals surface area contributed by atoms with Crippen molar-refractivity contribution in [2.24, 2.45) is 29.4 Å². The van der Waals surface area contributed by atoms with E-state index in [9.17, 15) is 0 Å². The molecule has 20 heavy (non-hydrogen) atoms. The predicted octanol–water partition coefficient (Wildman–Crippen LogP) is 3.90. The molecule has 2 rings (SSSR count). The largest absolute Gasteiger partial charge is 0.330 e. The number of likely N-dealkylation sites (tertiary alicyclic amines) is 1. The van der Waals surface area contributed by atoms with Crippen LogP contribution >= 0.6 is 0 Å². The summed E-state index contributed by atoms with van der Waals surface area (Å²) in [5.41, 5.74) is 6.07. The Bertz CT molecular complexity index is 269. The maximum absolute atomic E-state index is 6.07. The van der Waals surface area contributed by atoms with Gasteiger partial charge in [0.25, 0.3) is 0 Å². The molecule has 3 atom stereocenters. The molecular formula is C18H36N2. The van der Waals surface area contributed by atoms with Crippen LogP contribution in [0.25, 0.3) is 0 Å². The highest BCUT2D eigenvalue weighted by Gasteiger charge is 2.35. The lowest BCUT2D eigenvalue weighted by Crippen LogP contribution is -2.50. The third kappa shape index (κ3) is 3.98. The molecule has 1 saturated carbocycles. The summed E-state index contributed by atoms with van der Waals surface area (Å²) in [6.45, 7) is 10.7. The zero-order chi connectivity index (χ0) is 14.5. The molecule has 2 N–H and O–H groups in total. The van der Waals surface area contributed by atoms with Crippen molar-refractivity contribution in [1.29, 1.82) is 0 Å². The van der Waals surface area contributed by atoms with E-state index in [-0.39, 0.29) is 0 Å². The fraction of sp³-hybridized carbons (Fsp3) is 1.00. The van der Waals surface area contributed by atoms with Crippen LogP contribution in [-0.4, -0.2) is 30.6 Å². The zero-order valence-electron chi connectivity index (χ0n) is 14.0. The monoisotopic (exact) mass is 280 g/mol. The van der Waals surface area contributed by atoms with Gasteiger partial charge in [-0.05, 0) is 69.0 Å². The van der Waals surface area contributed by atoms with Gasteiger partial charge in [0.15, 0.2) is 0 Å². The van der Waals surface area contributed by atoms with Crippen molar-refractivity contribution in [2.45, 2.75) is 71.8 Å². The molecule has 0 aromatic rings. The average molecular weight is 281 g/mol. The molecule has 2 fully saturated rings. The van der Waals surface area contributed by atoms with Gasteiger partial charge < -0.3 is 10.6 Å². The number of nitrogens with zero attached hydrogens (tertiary/aromatic N) is 1. The minimum atomic E-state index is 0.763. The number of rotatable bonds is 5. The number of hydrogen-bond acceptors (Lipinski definition) is 2. The van der Waals surface area contributed by atoms with Crippen LogP contribution in [0.3, 0.4) is 0 Å². The Morgan fingerprint density at radius 2 is 1.80 bits per heavy atom. The first kappa shape index (κ1) is 16.3. The maximum atomic E-state index is 6.07. The van der Waals surface area contributed by atoms with E-state index in [0.717, 1.165) is 36.3 Å². The van der Waals surface area contributed by atoms with Gasteiger partial charge in [0.05, 0.1) is 0 Å².